The summed E-state index contributed by atoms with van der Waals surface area (Å²) in [6.45, 7) is 1.66. The summed E-state index contributed by atoms with van der Waals surface area (Å²) in [7, 11) is 0. The number of fused-ring (bicyclic) bond motifs is 1. The topological polar surface area (TPSA) is 9.23 Å². The predicted molar refractivity (Wildman–Crippen MR) is 44.9 cm³/mol. The van der Waals surface area contributed by atoms with Gasteiger partial charge >= 0.3 is 0 Å². The van der Waals surface area contributed by atoms with E-state index in [1.165, 1.54) is 10.4 Å². The summed E-state index contributed by atoms with van der Waals surface area (Å²) in [4.78, 5) is 1.45. The van der Waals surface area contributed by atoms with Crippen LogP contribution in [0.5, 0.6) is 0 Å². The molecule has 2 rings (SSSR count). The molecule has 0 fully saturated rings. The highest BCUT2D eigenvalue weighted by atomic mass is 32.2. The minimum atomic E-state index is 0.784. The van der Waals surface area contributed by atoms with Gasteiger partial charge in [-0.25, -0.2) is 0 Å². The van der Waals surface area contributed by atoms with Gasteiger partial charge in [0.25, 0.3) is 0 Å². The van der Waals surface area contributed by atoms with Gasteiger partial charge in [-0.3, -0.25) is 0 Å². The smallest absolute Gasteiger partial charge is 0.0728 e. The zero-order chi connectivity index (χ0) is 6.97. The maximum absolute atomic E-state index is 5.28. The molecule has 3 heteroatoms. The summed E-state index contributed by atoms with van der Waals surface area (Å²) >= 11 is 6.05. The summed E-state index contributed by atoms with van der Waals surface area (Å²) in [6, 6.07) is 2.10. The molecule has 1 aliphatic heterocycles. The highest BCUT2D eigenvalue weighted by Gasteiger charge is 2.11. The average molecular weight is 172 g/mol. The zero-order valence-corrected chi connectivity index (χ0v) is 7.17. The van der Waals surface area contributed by atoms with Gasteiger partial charge in [-0.05, 0) is 11.6 Å². The normalized spacial score (nSPS) is 16.9. The molecule has 0 saturated carbocycles. The van der Waals surface area contributed by atoms with Crippen molar-refractivity contribution in [3.8, 4) is 0 Å². The Bertz CT molecular complexity index is 218. The van der Waals surface area contributed by atoms with E-state index in [1.807, 2.05) is 0 Å². The Kier molecular flexibility index (Phi) is 1.72. The number of hydrogen-bond donors (Lipinski definition) is 1. The third-order valence-corrected chi connectivity index (χ3v) is 3.06. The lowest BCUT2D eigenvalue weighted by Gasteiger charge is -2.10. The minimum absolute atomic E-state index is 0.784. The van der Waals surface area contributed by atoms with Crippen LogP contribution in [0.3, 0.4) is 0 Å². The number of rotatable bonds is 0. The summed E-state index contributed by atoms with van der Waals surface area (Å²) < 4.78 is 6.39. The molecule has 0 N–H and O–H groups in total. The van der Waals surface area contributed by atoms with Crippen molar-refractivity contribution in [1.82, 2.24) is 0 Å². The van der Waals surface area contributed by atoms with Crippen LogP contribution in [0.25, 0.3) is 0 Å². The number of thiol groups is 1. The van der Waals surface area contributed by atoms with E-state index >= 15 is 0 Å². The molecule has 54 valence electrons. The van der Waals surface area contributed by atoms with Gasteiger partial charge in [0, 0.05) is 11.3 Å². The minimum Gasteiger partial charge on any atom is -0.376 e. The Balaban J connectivity index is 2.41. The second-order valence-electron chi connectivity index (χ2n) is 2.34. The van der Waals surface area contributed by atoms with Crippen molar-refractivity contribution in [1.29, 1.82) is 0 Å². The molecule has 0 bridgehead atoms. The van der Waals surface area contributed by atoms with Crippen molar-refractivity contribution < 1.29 is 4.74 Å². The van der Waals surface area contributed by atoms with E-state index in [9.17, 15) is 0 Å². The zero-order valence-electron chi connectivity index (χ0n) is 5.46. The van der Waals surface area contributed by atoms with Crippen LogP contribution in [0, 0.1) is 0 Å². The van der Waals surface area contributed by atoms with Crippen molar-refractivity contribution in [2.45, 2.75) is 17.2 Å². The Morgan fingerprint density at radius 2 is 2.50 bits per heavy atom. The lowest BCUT2D eigenvalue weighted by molar-refractivity contribution is 0.112. The third kappa shape index (κ3) is 1.09. The molecule has 1 aromatic rings. The molecule has 1 nitrogen and oxygen atoms in total. The van der Waals surface area contributed by atoms with Gasteiger partial charge in [0.2, 0.25) is 0 Å². The number of ether oxygens (including phenoxy) is 1. The fraction of sp³-hybridized carbons (Fsp3) is 0.429. The van der Waals surface area contributed by atoms with Gasteiger partial charge in [-0.15, -0.1) is 24.0 Å². The molecule has 0 radical (unpaired) electrons. The highest BCUT2D eigenvalue weighted by Crippen LogP contribution is 2.28. The number of thiophene rings is 1. The van der Waals surface area contributed by atoms with E-state index in [1.54, 1.807) is 11.3 Å². The van der Waals surface area contributed by atoms with Crippen LogP contribution in [-0.4, -0.2) is 6.61 Å². The molecular weight excluding hydrogens is 164 g/mol. The van der Waals surface area contributed by atoms with Crippen LogP contribution in [0.1, 0.15) is 10.4 Å². The van der Waals surface area contributed by atoms with Gasteiger partial charge in [0.05, 0.1) is 17.4 Å². The van der Waals surface area contributed by atoms with E-state index < -0.39 is 0 Å². The van der Waals surface area contributed by atoms with Gasteiger partial charge < -0.3 is 4.74 Å². The molecule has 1 aliphatic rings. The molecule has 1 aromatic heterocycles. The maximum Gasteiger partial charge on any atom is 0.0728 e. The summed E-state index contributed by atoms with van der Waals surface area (Å²) in [5, 5.41) is 0. The SMILES string of the molecule is Sc1cc2c(s1)CCOC2. The summed E-state index contributed by atoms with van der Waals surface area (Å²) in [5.41, 5.74) is 1.33. The Morgan fingerprint density at radius 3 is 3.30 bits per heavy atom. The van der Waals surface area contributed by atoms with E-state index in [2.05, 4.69) is 18.7 Å². The molecule has 2 heterocycles. The average Bonchev–Trinajstić information content (AvgIpc) is 2.27. The maximum atomic E-state index is 5.28. The first-order valence-electron chi connectivity index (χ1n) is 3.24. The van der Waals surface area contributed by atoms with Crippen molar-refractivity contribution in [2.24, 2.45) is 0 Å². The molecule has 0 atom stereocenters. The monoisotopic (exact) mass is 172 g/mol. The van der Waals surface area contributed by atoms with E-state index in [0.29, 0.717) is 0 Å². The summed E-state index contributed by atoms with van der Waals surface area (Å²) in [5.74, 6) is 0. The van der Waals surface area contributed by atoms with Crippen LogP contribution in [0.2, 0.25) is 0 Å². The highest BCUT2D eigenvalue weighted by molar-refractivity contribution is 7.82. The quantitative estimate of drug-likeness (QED) is 0.590. The first-order valence-corrected chi connectivity index (χ1v) is 4.51. The van der Waals surface area contributed by atoms with E-state index in [4.69, 9.17) is 4.74 Å². The molecule has 0 aromatic carbocycles. The van der Waals surface area contributed by atoms with Gasteiger partial charge in [0.15, 0.2) is 0 Å². The standard InChI is InChI=1S/C7H8OS2/c9-7-3-5-4-8-2-1-6(5)10-7/h3,9H,1-2,4H2. The second-order valence-corrected chi connectivity index (χ2v) is 4.26. The molecule has 0 unspecified atom stereocenters. The van der Waals surface area contributed by atoms with Gasteiger partial charge in [-0.1, -0.05) is 0 Å². The van der Waals surface area contributed by atoms with Crippen LogP contribution in [0.4, 0.5) is 0 Å². The molecule has 0 amide bonds. The van der Waals surface area contributed by atoms with Gasteiger partial charge in [-0.2, -0.15) is 0 Å². The van der Waals surface area contributed by atoms with Crippen molar-refractivity contribution in [3.63, 3.8) is 0 Å². The Hall–Kier alpha value is 0.01000. The van der Waals surface area contributed by atoms with Crippen molar-refractivity contribution >= 4 is 24.0 Å². The van der Waals surface area contributed by atoms with Crippen LogP contribution >= 0.6 is 24.0 Å². The third-order valence-electron chi connectivity index (χ3n) is 1.61. The van der Waals surface area contributed by atoms with Crippen molar-refractivity contribution in [3.05, 3.63) is 16.5 Å². The molecule has 10 heavy (non-hydrogen) atoms. The van der Waals surface area contributed by atoms with Crippen molar-refractivity contribution in [2.75, 3.05) is 6.61 Å². The fourth-order valence-corrected chi connectivity index (χ4v) is 2.51. The first kappa shape index (κ1) is 6.70. The van der Waals surface area contributed by atoms with Crippen LogP contribution in [-0.2, 0) is 17.8 Å². The molecular formula is C7H8OS2. The second kappa shape index (κ2) is 2.57. The van der Waals surface area contributed by atoms with Gasteiger partial charge in [0.1, 0.15) is 0 Å². The first-order chi connectivity index (χ1) is 4.86. The number of hydrogen-bond acceptors (Lipinski definition) is 3. The Morgan fingerprint density at radius 1 is 1.60 bits per heavy atom. The fourth-order valence-electron chi connectivity index (χ4n) is 1.13. The molecule has 0 spiro atoms. The molecule has 0 saturated heterocycles. The predicted octanol–water partition coefficient (Wildman–Crippen LogP) is 2.11. The Labute approximate surface area is 69.4 Å². The summed E-state index contributed by atoms with van der Waals surface area (Å²) in [6.07, 6.45) is 1.07. The lowest BCUT2D eigenvalue weighted by atomic mass is 10.2. The largest absolute Gasteiger partial charge is 0.376 e. The molecule has 0 aliphatic carbocycles. The van der Waals surface area contributed by atoms with E-state index in [-0.39, 0.29) is 0 Å². The van der Waals surface area contributed by atoms with E-state index in [0.717, 1.165) is 23.8 Å². The van der Waals surface area contributed by atoms with Crippen LogP contribution < -0.4 is 0 Å². The lowest BCUT2D eigenvalue weighted by Crippen LogP contribution is -2.05. The van der Waals surface area contributed by atoms with Crippen LogP contribution in [0.15, 0.2) is 10.3 Å².